The highest BCUT2D eigenvalue weighted by molar-refractivity contribution is 5.77. The highest BCUT2D eigenvalue weighted by atomic mass is 15.3. The van der Waals surface area contributed by atoms with Crippen molar-refractivity contribution in [3.63, 3.8) is 0 Å². The molecular weight excluding hydrogens is 1330 g/mol. The zero-order valence-electron chi connectivity index (χ0n) is 62.5. The van der Waals surface area contributed by atoms with E-state index in [1.807, 2.05) is 36.4 Å². The fraction of sp³-hybridized carbons (Fsp3) is 0.614. The number of anilines is 8. The second-order valence-corrected chi connectivity index (χ2v) is 25.9. The number of hydrogen-bond donors (Lipinski definition) is 17. The summed E-state index contributed by atoms with van der Waals surface area (Å²) in [7, 11) is 0. The smallest absolute Gasteiger partial charge is 0.231 e. The quantitative estimate of drug-likeness (QED) is 0.0150. The van der Waals surface area contributed by atoms with E-state index >= 15 is 0 Å². The van der Waals surface area contributed by atoms with Crippen LogP contribution in [0.25, 0.3) is 0 Å². The molecule has 0 atom stereocenters. The highest BCUT2D eigenvalue weighted by Crippen LogP contribution is 2.28. The maximum absolute atomic E-state index is 5.50. The van der Waals surface area contributed by atoms with Crippen molar-refractivity contribution in [1.82, 2.24) is 44.9 Å². The number of aromatic nitrogens is 9. The van der Waals surface area contributed by atoms with Crippen molar-refractivity contribution in [2.75, 3.05) is 146 Å². The van der Waals surface area contributed by atoms with Gasteiger partial charge < -0.3 is 110 Å². The fourth-order valence-corrected chi connectivity index (χ4v) is 11.5. The third kappa shape index (κ3) is 39.1. The van der Waals surface area contributed by atoms with E-state index in [1.54, 1.807) is 0 Å². The van der Waals surface area contributed by atoms with Gasteiger partial charge in [0.2, 0.25) is 47.6 Å². The first-order valence-electron chi connectivity index (χ1n) is 37.6. The Morgan fingerprint density at radius 3 is 0.981 bits per heavy atom. The topological polar surface area (TPSA) is 572 Å². The van der Waals surface area contributed by atoms with Crippen molar-refractivity contribution in [2.24, 2.45) is 105 Å². The summed E-state index contributed by atoms with van der Waals surface area (Å²) < 4.78 is 0. The number of aliphatic imine (C=N–C) groups is 6. The Kier molecular flexibility index (Phi) is 41.8. The Bertz CT molecular complexity index is 3110. The minimum atomic E-state index is 0.0734. The van der Waals surface area contributed by atoms with E-state index in [0.717, 1.165) is 115 Å². The lowest BCUT2D eigenvalue weighted by Crippen LogP contribution is -2.31. The van der Waals surface area contributed by atoms with Crippen LogP contribution in [-0.2, 0) is 19.3 Å². The molecule has 5 aromatic rings. The predicted octanol–water partition coefficient (Wildman–Crippen LogP) is 3.62. The van der Waals surface area contributed by atoms with Gasteiger partial charge in [0.1, 0.15) is 5.82 Å². The average molecular weight is 1460 g/mol. The van der Waals surface area contributed by atoms with E-state index in [0.29, 0.717) is 138 Å². The number of nitrogens with zero attached hydrogens (tertiary/aromatic N) is 18. The van der Waals surface area contributed by atoms with Gasteiger partial charge in [-0.2, -0.15) is 44.9 Å². The molecule has 2 aliphatic rings. The van der Waals surface area contributed by atoms with Gasteiger partial charge in [0.25, 0.3) is 0 Å². The van der Waals surface area contributed by atoms with E-state index in [1.165, 1.54) is 75.3 Å². The van der Waals surface area contributed by atoms with E-state index in [2.05, 4.69) is 129 Å². The van der Waals surface area contributed by atoms with E-state index in [-0.39, 0.29) is 35.8 Å². The maximum atomic E-state index is 5.50. The number of nitrogens with one attached hydrogen (secondary N) is 5. The van der Waals surface area contributed by atoms with Crippen molar-refractivity contribution < 1.29 is 0 Å². The van der Waals surface area contributed by atoms with Crippen LogP contribution in [0.3, 0.4) is 0 Å². The molecule has 0 amide bonds. The van der Waals surface area contributed by atoms with E-state index < -0.39 is 0 Å². The first kappa shape index (κ1) is 85.1. The molecule has 0 spiro atoms. The number of hydrogen-bond acceptors (Lipinski definition) is 23. The molecule has 3 heterocycles. The summed E-state index contributed by atoms with van der Waals surface area (Å²) in [6.45, 7) is 14.6. The van der Waals surface area contributed by atoms with Crippen molar-refractivity contribution in [3.05, 3.63) is 77.6 Å². The SMILES string of the molecule is CCCCNc1nc(NCCCC)nc(N(CCCN=C(N)N)CCCN=C(N)N)n1.NC(N)=NCCCN(CCCN=C(N)N)c1nc(CC2CCCCC2)nc(NC2CCCCC2)n1.NC(N)=NCCCN(CCCN=C(N)N)c1nc(NCCc2ccccc2)nc(NCCc2ccccc2)n1. The standard InChI is InChI=1S/C27H40N12.C24H45N11.C19H40N12/c28-23(29)32-15-7-19-39(20-8-16-33-24(30)31)27-37-25(34-17-13-21-9-3-1-4-10-21)36-26(38-27)35-18-14-22-11-5-2-6-12-22;25-21(26)29-13-7-15-35(16-8-14-30-22(27)28)24-33-20(17-18-9-3-1-4-10-18)32-23(34-24)31-19-11-5-2-6-12-19;1-3-5-9-26-17-28-18(27-10-6-4-2)30-19(29-17)31(13-7-11-24-15(20)21)14-8-12-25-16(22)23/h1-6,9-12H,7-8,13-20H2,(H4,28,29,32)(H4,30,31,33)(H2,34,35,36,37,38);18-19H,1-17H2,(H4,25,26,29)(H4,27,28,30)(H,31,32,33,34);3-14H2,1-2H3,(H4,20,21,24)(H4,22,23,25)(H2,26,27,28,29,30). The van der Waals surface area contributed by atoms with Crippen LogP contribution in [0.1, 0.15) is 159 Å². The number of benzene rings is 2. The van der Waals surface area contributed by atoms with Gasteiger partial charge >= 0.3 is 0 Å². The molecule has 0 saturated heterocycles. The molecule has 105 heavy (non-hydrogen) atoms. The molecule has 2 aromatic carbocycles. The molecule has 35 heteroatoms. The van der Waals surface area contributed by atoms with Gasteiger partial charge in [-0.15, -0.1) is 0 Å². The monoisotopic (exact) mass is 1460 g/mol. The molecular formula is C70H125N35. The van der Waals surface area contributed by atoms with Gasteiger partial charge in [0.15, 0.2) is 35.8 Å². The van der Waals surface area contributed by atoms with Crippen molar-refractivity contribution in [3.8, 4) is 0 Å². The first-order valence-corrected chi connectivity index (χ1v) is 37.6. The molecule has 0 unspecified atom stereocenters. The Labute approximate surface area is 621 Å². The van der Waals surface area contributed by atoms with Crippen LogP contribution < -0.4 is 110 Å². The molecule has 0 radical (unpaired) electrons. The molecule has 29 N–H and O–H groups in total. The lowest BCUT2D eigenvalue weighted by molar-refractivity contribution is 0.351. The molecule has 0 aliphatic heterocycles. The summed E-state index contributed by atoms with van der Waals surface area (Å²) in [6.07, 6.45) is 24.0. The Morgan fingerprint density at radius 2 is 0.657 bits per heavy atom. The molecule has 580 valence electrons. The summed E-state index contributed by atoms with van der Waals surface area (Å²) in [5.74, 6) is 6.80. The molecule has 35 nitrogen and oxygen atoms in total. The third-order valence-electron chi connectivity index (χ3n) is 16.9. The minimum absolute atomic E-state index is 0.0734. The Balaban J connectivity index is 0.000000285. The van der Waals surface area contributed by atoms with Gasteiger partial charge in [0.05, 0.1) is 0 Å². The third-order valence-corrected chi connectivity index (χ3v) is 16.9. The second kappa shape index (κ2) is 51.6. The molecule has 2 aliphatic carbocycles. The summed E-state index contributed by atoms with van der Waals surface area (Å²) in [4.78, 5) is 73.5. The molecule has 2 saturated carbocycles. The van der Waals surface area contributed by atoms with Crippen LogP contribution in [0.5, 0.6) is 0 Å². The van der Waals surface area contributed by atoms with Gasteiger partial charge in [-0.05, 0) is 94.1 Å². The average Bonchev–Trinajstić information content (AvgIpc) is 0.846. The largest absolute Gasteiger partial charge is 0.370 e. The minimum Gasteiger partial charge on any atom is -0.370 e. The van der Waals surface area contributed by atoms with Crippen molar-refractivity contribution >= 4 is 83.3 Å². The lowest BCUT2D eigenvalue weighted by atomic mass is 9.87. The normalized spacial score (nSPS) is 12.6. The summed E-state index contributed by atoms with van der Waals surface area (Å²) in [6, 6.07) is 21.0. The number of rotatable bonds is 47. The van der Waals surface area contributed by atoms with Crippen LogP contribution in [-0.4, -0.2) is 191 Å². The highest BCUT2D eigenvalue weighted by Gasteiger charge is 2.22. The van der Waals surface area contributed by atoms with Crippen LogP contribution in [0, 0.1) is 5.92 Å². The Hall–Kier alpha value is -10.5. The lowest BCUT2D eigenvalue weighted by Gasteiger charge is -2.26. The number of unbranched alkanes of at least 4 members (excludes halogenated alkanes) is 2. The van der Waals surface area contributed by atoms with E-state index in [9.17, 15) is 0 Å². The first-order chi connectivity index (χ1) is 50.9. The van der Waals surface area contributed by atoms with Crippen LogP contribution in [0.4, 0.5) is 47.6 Å². The Morgan fingerprint density at radius 1 is 0.352 bits per heavy atom. The number of nitrogens with two attached hydrogens (primary N) is 12. The van der Waals surface area contributed by atoms with Gasteiger partial charge in [-0.1, -0.05) is 139 Å². The van der Waals surface area contributed by atoms with Gasteiger partial charge in [-0.3, -0.25) is 30.0 Å². The maximum Gasteiger partial charge on any atom is 0.231 e. The predicted molar refractivity (Wildman–Crippen MR) is 433 cm³/mol. The van der Waals surface area contributed by atoms with Crippen molar-refractivity contribution in [1.29, 1.82) is 0 Å². The summed E-state index contributed by atoms with van der Waals surface area (Å²) in [5.41, 5.74) is 68.1. The molecule has 3 aromatic heterocycles. The summed E-state index contributed by atoms with van der Waals surface area (Å²) in [5, 5.41) is 16.9. The van der Waals surface area contributed by atoms with Crippen LogP contribution >= 0.6 is 0 Å². The molecule has 7 rings (SSSR count). The van der Waals surface area contributed by atoms with Gasteiger partial charge in [-0.25, -0.2) is 0 Å². The zero-order valence-corrected chi connectivity index (χ0v) is 62.5. The van der Waals surface area contributed by atoms with Crippen LogP contribution in [0.15, 0.2) is 90.6 Å². The van der Waals surface area contributed by atoms with E-state index in [4.69, 9.17) is 93.7 Å². The zero-order chi connectivity index (χ0) is 75.5. The number of guanidine groups is 6. The molecule has 0 bridgehead atoms. The second-order valence-electron chi connectivity index (χ2n) is 25.9. The van der Waals surface area contributed by atoms with Gasteiger partial charge in [0, 0.05) is 117 Å². The van der Waals surface area contributed by atoms with Crippen molar-refractivity contribution in [2.45, 2.75) is 168 Å². The summed E-state index contributed by atoms with van der Waals surface area (Å²) >= 11 is 0. The fourth-order valence-electron chi connectivity index (χ4n) is 11.5. The molecule has 2 fully saturated rings. The van der Waals surface area contributed by atoms with Crippen LogP contribution in [0.2, 0.25) is 0 Å².